The average Bonchev–Trinajstić information content (AvgIpc) is 2.45. The zero-order valence-electron chi connectivity index (χ0n) is 11.6. The Hall–Kier alpha value is -1.76. The smallest absolute Gasteiger partial charge is 0.309 e. The summed E-state index contributed by atoms with van der Waals surface area (Å²) in [6.45, 7) is 1.78. The summed E-state index contributed by atoms with van der Waals surface area (Å²) in [5.41, 5.74) is 0.770. The minimum Gasteiger partial charge on any atom is -0.496 e. The second-order valence-electron chi connectivity index (χ2n) is 4.19. The maximum Gasteiger partial charge on any atom is 0.309 e. The van der Waals surface area contributed by atoms with Crippen LogP contribution in [0.15, 0.2) is 18.2 Å². The molecule has 1 atom stereocenters. The molecule has 0 fully saturated rings. The van der Waals surface area contributed by atoms with E-state index in [1.807, 2.05) is 0 Å². The summed E-state index contributed by atoms with van der Waals surface area (Å²) in [4.78, 5) is 21.6. The molecule has 0 radical (unpaired) electrons. The maximum atomic E-state index is 11.3. The average molecular weight is 299 g/mol. The van der Waals surface area contributed by atoms with Crippen molar-refractivity contribution in [1.29, 1.82) is 0 Å². The van der Waals surface area contributed by atoms with Gasteiger partial charge in [-0.25, -0.2) is 0 Å². The van der Waals surface area contributed by atoms with E-state index in [0.29, 0.717) is 17.3 Å². The minimum absolute atomic E-state index is 0.0300. The fourth-order valence-electron chi connectivity index (χ4n) is 1.61. The number of rotatable bonds is 7. The number of hydrogen-bond donors (Lipinski definition) is 0. The number of carbonyl (C=O) groups is 1. The third-order valence-electron chi connectivity index (χ3n) is 2.70. The number of hydrogen-bond acceptors (Lipinski definition) is 6. The van der Waals surface area contributed by atoms with E-state index in [9.17, 15) is 14.9 Å². The first-order valence-corrected chi connectivity index (χ1v) is 7.12. The third kappa shape index (κ3) is 4.41. The van der Waals surface area contributed by atoms with Crippen molar-refractivity contribution in [3.63, 3.8) is 0 Å². The van der Waals surface area contributed by atoms with Crippen molar-refractivity contribution in [3.8, 4) is 5.75 Å². The van der Waals surface area contributed by atoms with Crippen LogP contribution in [0.1, 0.15) is 12.5 Å². The highest BCUT2D eigenvalue weighted by atomic mass is 32.2. The van der Waals surface area contributed by atoms with E-state index in [1.54, 1.807) is 13.0 Å². The molecule has 1 aromatic rings. The van der Waals surface area contributed by atoms with Crippen LogP contribution >= 0.6 is 11.8 Å². The Kier molecular flexibility index (Phi) is 6.30. The zero-order valence-corrected chi connectivity index (χ0v) is 12.4. The van der Waals surface area contributed by atoms with E-state index in [2.05, 4.69) is 4.74 Å². The number of carbonyl (C=O) groups excluding carboxylic acids is 1. The molecule has 1 rings (SSSR count). The third-order valence-corrected chi connectivity index (χ3v) is 3.95. The lowest BCUT2D eigenvalue weighted by Crippen LogP contribution is -2.14. The summed E-state index contributed by atoms with van der Waals surface area (Å²) < 4.78 is 9.82. The molecule has 110 valence electrons. The van der Waals surface area contributed by atoms with Gasteiger partial charge in [-0.15, -0.1) is 0 Å². The Morgan fingerprint density at radius 3 is 2.70 bits per heavy atom. The molecule has 0 aliphatic carbocycles. The molecule has 0 saturated heterocycles. The van der Waals surface area contributed by atoms with Crippen molar-refractivity contribution in [2.24, 2.45) is 5.92 Å². The second kappa shape index (κ2) is 7.74. The SMILES string of the molecule is COC(=O)C(C)CSCc1cc([N+](=O)[O-])ccc1OC. The van der Waals surface area contributed by atoms with Gasteiger partial charge in [-0.05, 0) is 6.07 Å². The first-order chi connectivity index (χ1) is 9.49. The Labute approximate surface area is 121 Å². The normalized spacial score (nSPS) is 11.8. The molecule has 6 nitrogen and oxygen atoms in total. The van der Waals surface area contributed by atoms with Gasteiger partial charge in [0, 0.05) is 29.2 Å². The van der Waals surface area contributed by atoms with E-state index in [4.69, 9.17) is 4.74 Å². The topological polar surface area (TPSA) is 78.7 Å². The quantitative estimate of drug-likeness (QED) is 0.437. The number of nitrogens with zero attached hydrogens (tertiary/aromatic N) is 1. The van der Waals surface area contributed by atoms with Crippen LogP contribution in [0.25, 0.3) is 0 Å². The predicted octanol–water partition coefficient (Wildman–Crippen LogP) is 2.65. The van der Waals surface area contributed by atoms with Crippen LogP contribution in [0, 0.1) is 16.0 Å². The maximum absolute atomic E-state index is 11.3. The molecular weight excluding hydrogens is 282 g/mol. The van der Waals surface area contributed by atoms with E-state index >= 15 is 0 Å². The molecule has 20 heavy (non-hydrogen) atoms. The first kappa shape index (κ1) is 16.3. The fraction of sp³-hybridized carbons (Fsp3) is 0.462. The molecule has 0 amide bonds. The van der Waals surface area contributed by atoms with Gasteiger partial charge in [-0.3, -0.25) is 14.9 Å². The zero-order chi connectivity index (χ0) is 15.1. The highest BCUT2D eigenvalue weighted by molar-refractivity contribution is 7.98. The molecule has 0 N–H and O–H groups in total. The largest absolute Gasteiger partial charge is 0.496 e. The summed E-state index contributed by atoms with van der Waals surface area (Å²) in [5.74, 6) is 1.25. The van der Waals surface area contributed by atoms with Crippen LogP contribution in [-0.2, 0) is 15.3 Å². The van der Waals surface area contributed by atoms with E-state index < -0.39 is 4.92 Å². The molecule has 0 heterocycles. The van der Waals surface area contributed by atoms with Crippen LogP contribution in [0.4, 0.5) is 5.69 Å². The number of non-ortho nitro benzene ring substituents is 1. The minimum atomic E-state index is -0.440. The molecule has 0 aliphatic heterocycles. The van der Waals surface area contributed by atoms with Gasteiger partial charge in [0.15, 0.2) is 0 Å². The van der Waals surface area contributed by atoms with E-state index in [0.717, 1.165) is 5.56 Å². The summed E-state index contributed by atoms with van der Waals surface area (Å²) in [7, 11) is 2.87. The molecule has 1 unspecified atom stereocenters. The van der Waals surface area contributed by atoms with Crippen LogP contribution < -0.4 is 4.74 Å². The first-order valence-electron chi connectivity index (χ1n) is 5.96. The van der Waals surface area contributed by atoms with Crippen molar-refractivity contribution in [2.75, 3.05) is 20.0 Å². The monoisotopic (exact) mass is 299 g/mol. The molecule has 0 spiro atoms. The molecule has 0 aliphatic rings. The van der Waals surface area contributed by atoms with Crippen molar-refractivity contribution < 1.29 is 19.2 Å². The van der Waals surface area contributed by atoms with Gasteiger partial charge in [0.25, 0.3) is 5.69 Å². The number of benzene rings is 1. The number of nitro benzene ring substituents is 1. The fourth-order valence-corrected chi connectivity index (χ4v) is 2.66. The predicted molar refractivity (Wildman–Crippen MR) is 77.0 cm³/mol. The Balaban J connectivity index is 2.68. The number of thioether (sulfide) groups is 1. The molecule has 0 aromatic heterocycles. The highest BCUT2D eigenvalue weighted by Crippen LogP contribution is 2.28. The number of nitro groups is 1. The number of ether oxygens (including phenoxy) is 2. The van der Waals surface area contributed by atoms with Crippen LogP contribution in [0.5, 0.6) is 5.75 Å². The summed E-state index contributed by atoms with van der Waals surface area (Å²) in [6.07, 6.45) is 0. The van der Waals surface area contributed by atoms with Crippen molar-refractivity contribution in [3.05, 3.63) is 33.9 Å². The van der Waals surface area contributed by atoms with Gasteiger partial charge in [-0.2, -0.15) is 11.8 Å². The van der Waals surface area contributed by atoms with E-state index in [-0.39, 0.29) is 17.6 Å². The molecule has 7 heteroatoms. The Morgan fingerprint density at radius 2 is 2.15 bits per heavy atom. The van der Waals surface area contributed by atoms with Gasteiger partial charge < -0.3 is 9.47 Å². The summed E-state index contributed by atoms with van der Waals surface area (Å²) >= 11 is 1.50. The summed E-state index contributed by atoms with van der Waals surface area (Å²) in [6, 6.07) is 4.48. The van der Waals surface area contributed by atoms with Crippen LogP contribution in [0.3, 0.4) is 0 Å². The second-order valence-corrected chi connectivity index (χ2v) is 5.22. The van der Waals surface area contributed by atoms with Crippen LogP contribution in [-0.4, -0.2) is 30.9 Å². The van der Waals surface area contributed by atoms with Gasteiger partial charge in [-0.1, -0.05) is 6.92 Å². The van der Waals surface area contributed by atoms with Crippen molar-refractivity contribution >= 4 is 23.4 Å². The molecular formula is C13H17NO5S. The number of esters is 1. The van der Waals surface area contributed by atoms with Crippen molar-refractivity contribution in [2.45, 2.75) is 12.7 Å². The standard InChI is InChI=1S/C13H17NO5S/c1-9(13(15)19-3)7-20-8-10-6-11(14(16)17)4-5-12(10)18-2/h4-6,9H,7-8H2,1-3H3. The lowest BCUT2D eigenvalue weighted by atomic mass is 10.2. The Bertz CT molecular complexity index is 492. The Morgan fingerprint density at radius 1 is 1.45 bits per heavy atom. The van der Waals surface area contributed by atoms with Gasteiger partial charge in [0.05, 0.1) is 25.1 Å². The molecule has 0 bridgehead atoms. The van der Waals surface area contributed by atoms with E-state index in [1.165, 1.54) is 38.1 Å². The lowest BCUT2D eigenvalue weighted by molar-refractivity contribution is -0.384. The van der Waals surface area contributed by atoms with Crippen molar-refractivity contribution in [1.82, 2.24) is 0 Å². The molecule has 1 aromatic carbocycles. The van der Waals surface area contributed by atoms with Gasteiger partial charge >= 0.3 is 5.97 Å². The van der Waals surface area contributed by atoms with Crippen LogP contribution in [0.2, 0.25) is 0 Å². The molecule has 0 saturated carbocycles. The summed E-state index contributed by atoms with van der Waals surface area (Å²) in [5, 5.41) is 10.8. The lowest BCUT2D eigenvalue weighted by Gasteiger charge is -2.10. The van der Waals surface area contributed by atoms with Gasteiger partial charge in [0.2, 0.25) is 0 Å². The highest BCUT2D eigenvalue weighted by Gasteiger charge is 2.15. The number of methoxy groups -OCH3 is 2. The van der Waals surface area contributed by atoms with Gasteiger partial charge in [0.1, 0.15) is 5.75 Å².